The molecule has 40 heavy (non-hydrogen) atoms. The van der Waals surface area contributed by atoms with Crippen LogP contribution in [0.5, 0.6) is 0 Å². The summed E-state index contributed by atoms with van der Waals surface area (Å²) in [6.07, 6.45) is 24.4. The van der Waals surface area contributed by atoms with Gasteiger partial charge in [0.1, 0.15) is 0 Å². The van der Waals surface area contributed by atoms with Crippen LogP contribution >= 0.6 is 0 Å². The van der Waals surface area contributed by atoms with E-state index in [-0.39, 0.29) is 0 Å². The van der Waals surface area contributed by atoms with E-state index in [2.05, 4.69) is 36.4 Å². The van der Waals surface area contributed by atoms with E-state index >= 15 is 0 Å². The maximum atomic E-state index is 5.24. The smallest absolute Gasteiger partial charge is 0.0891 e. The lowest BCUT2D eigenvalue weighted by Gasteiger charge is -2.17. The lowest BCUT2D eigenvalue weighted by atomic mass is 9.97. The third-order valence-corrected chi connectivity index (χ3v) is 9.12. The van der Waals surface area contributed by atoms with Crippen LogP contribution in [0.3, 0.4) is 0 Å². The summed E-state index contributed by atoms with van der Waals surface area (Å²) in [7, 11) is 0. The second kappa shape index (κ2) is 13.7. The first-order valence-corrected chi connectivity index (χ1v) is 16.3. The van der Waals surface area contributed by atoms with Crippen molar-refractivity contribution in [2.75, 3.05) is 0 Å². The van der Waals surface area contributed by atoms with Crippen molar-refractivity contribution in [3.8, 4) is 11.1 Å². The molecule has 4 nitrogen and oxygen atoms in total. The maximum Gasteiger partial charge on any atom is 0.0891 e. The molecule has 4 aliphatic carbocycles. The van der Waals surface area contributed by atoms with Crippen molar-refractivity contribution >= 4 is 45.6 Å². The molecule has 2 aromatic rings. The van der Waals surface area contributed by atoms with E-state index in [9.17, 15) is 0 Å². The molecule has 0 saturated heterocycles. The van der Waals surface area contributed by atoms with Crippen molar-refractivity contribution in [1.82, 2.24) is 0 Å². The summed E-state index contributed by atoms with van der Waals surface area (Å²) in [5.74, 6) is 0. The molecule has 0 unspecified atom stereocenters. The lowest BCUT2D eigenvalue weighted by molar-refractivity contribution is 0.666. The monoisotopic (exact) mass is 534 g/mol. The molecule has 0 atom stereocenters. The number of benzene rings is 2. The number of aliphatic imine (C=N–C) groups is 4. The average molecular weight is 535 g/mol. The Labute approximate surface area is 241 Å². The van der Waals surface area contributed by atoms with Crippen LogP contribution in [0.1, 0.15) is 128 Å². The molecule has 0 aliphatic heterocycles. The van der Waals surface area contributed by atoms with Crippen LogP contribution in [-0.2, 0) is 0 Å². The van der Waals surface area contributed by atoms with Gasteiger partial charge in [-0.05, 0) is 138 Å². The summed E-state index contributed by atoms with van der Waals surface area (Å²) in [5, 5.41) is 0. The third kappa shape index (κ3) is 7.25. The molecule has 4 heteroatoms. The van der Waals surface area contributed by atoms with E-state index in [4.69, 9.17) is 20.0 Å². The van der Waals surface area contributed by atoms with Gasteiger partial charge in [-0.2, -0.15) is 0 Å². The van der Waals surface area contributed by atoms with Gasteiger partial charge >= 0.3 is 0 Å². The van der Waals surface area contributed by atoms with Gasteiger partial charge in [-0.25, -0.2) is 0 Å². The first-order chi connectivity index (χ1) is 19.8. The molecule has 4 saturated carbocycles. The lowest BCUT2D eigenvalue weighted by Crippen LogP contribution is -2.05. The van der Waals surface area contributed by atoms with Crippen LogP contribution in [0.2, 0.25) is 0 Å². The summed E-state index contributed by atoms with van der Waals surface area (Å²) in [5.41, 5.74) is 11.9. The van der Waals surface area contributed by atoms with E-state index < -0.39 is 0 Å². The SMILES string of the molecule is c1cc(N=C2CCCCC2)c(N=C2CCCCC2)cc1-c1ccc(N=C2CCCCC2)c(N=C2CCCCC2)c1. The molecule has 2 aromatic carbocycles. The van der Waals surface area contributed by atoms with Crippen molar-refractivity contribution in [2.24, 2.45) is 20.0 Å². The van der Waals surface area contributed by atoms with Gasteiger partial charge in [0.05, 0.1) is 22.7 Å². The van der Waals surface area contributed by atoms with Gasteiger partial charge in [-0.15, -0.1) is 0 Å². The Hall–Kier alpha value is -2.88. The van der Waals surface area contributed by atoms with E-state index in [0.29, 0.717) is 0 Å². The van der Waals surface area contributed by atoms with Crippen LogP contribution in [0, 0.1) is 0 Å². The second-order valence-electron chi connectivity index (χ2n) is 12.4. The molecule has 0 radical (unpaired) electrons. The molecule has 0 aromatic heterocycles. The van der Waals surface area contributed by atoms with Crippen molar-refractivity contribution in [2.45, 2.75) is 128 Å². The average Bonchev–Trinajstić information content (AvgIpc) is 3.01. The van der Waals surface area contributed by atoms with Crippen molar-refractivity contribution < 1.29 is 0 Å². The highest BCUT2D eigenvalue weighted by Gasteiger charge is 2.15. The molecule has 0 heterocycles. The van der Waals surface area contributed by atoms with Crippen molar-refractivity contribution in [1.29, 1.82) is 0 Å². The first-order valence-electron chi connectivity index (χ1n) is 16.3. The van der Waals surface area contributed by atoms with Gasteiger partial charge in [0, 0.05) is 22.8 Å². The zero-order chi connectivity index (χ0) is 27.0. The number of nitrogens with zero attached hydrogens (tertiary/aromatic N) is 4. The van der Waals surface area contributed by atoms with Gasteiger partial charge in [-0.3, -0.25) is 20.0 Å². The Bertz CT molecular complexity index is 1180. The Balaban J connectivity index is 1.38. The fraction of sp³-hybridized carbons (Fsp3) is 0.556. The van der Waals surface area contributed by atoms with Gasteiger partial charge in [-0.1, -0.05) is 37.8 Å². The Kier molecular flexibility index (Phi) is 9.32. The first kappa shape index (κ1) is 27.3. The summed E-state index contributed by atoms with van der Waals surface area (Å²) in [6, 6.07) is 13.5. The van der Waals surface area contributed by atoms with E-state index in [1.165, 1.54) is 111 Å². The minimum absolute atomic E-state index is 1.04. The molecule has 4 aliphatic rings. The predicted octanol–water partition coefficient (Wildman–Crippen LogP) is 11.5. The molecule has 4 fully saturated rings. The van der Waals surface area contributed by atoms with Crippen molar-refractivity contribution in [3.05, 3.63) is 36.4 Å². The van der Waals surface area contributed by atoms with Gasteiger partial charge in [0.25, 0.3) is 0 Å². The molecule has 210 valence electrons. The summed E-state index contributed by atoms with van der Waals surface area (Å²) >= 11 is 0. The van der Waals surface area contributed by atoms with Crippen LogP contribution < -0.4 is 0 Å². The topological polar surface area (TPSA) is 49.4 Å². The molecule has 0 amide bonds. The van der Waals surface area contributed by atoms with Crippen LogP contribution in [0.25, 0.3) is 11.1 Å². The quantitative estimate of drug-likeness (QED) is 0.366. The number of rotatable bonds is 5. The Morgan fingerprint density at radius 2 is 0.575 bits per heavy atom. The fourth-order valence-corrected chi connectivity index (χ4v) is 6.74. The third-order valence-electron chi connectivity index (χ3n) is 9.12. The highest BCUT2D eigenvalue weighted by Crippen LogP contribution is 2.39. The van der Waals surface area contributed by atoms with E-state index in [0.717, 1.165) is 74.1 Å². The molecule has 0 spiro atoms. The number of hydrogen-bond donors (Lipinski definition) is 0. The highest BCUT2D eigenvalue weighted by molar-refractivity contribution is 5.94. The van der Waals surface area contributed by atoms with Gasteiger partial charge in [0.15, 0.2) is 0 Å². The van der Waals surface area contributed by atoms with Crippen LogP contribution in [0.4, 0.5) is 22.7 Å². The normalized spacial score (nSPS) is 20.3. The molecular formula is C36H46N4. The molecular weight excluding hydrogens is 488 g/mol. The van der Waals surface area contributed by atoms with E-state index in [1.54, 1.807) is 0 Å². The summed E-state index contributed by atoms with van der Waals surface area (Å²) in [6.45, 7) is 0. The molecule has 0 N–H and O–H groups in total. The predicted molar refractivity (Wildman–Crippen MR) is 173 cm³/mol. The standard InChI is InChI=1S/C36H46N4/c1-5-13-29(14-6-1)37-33-23-21-27(25-35(33)39-31-17-9-3-10-18-31)28-22-24-34(38-30-15-7-2-8-16-30)36(26-28)40-32-19-11-4-12-20-32/h21-26H,1-20H2. The Morgan fingerprint density at radius 1 is 0.300 bits per heavy atom. The zero-order valence-electron chi connectivity index (χ0n) is 24.4. The zero-order valence-corrected chi connectivity index (χ0v) is 24.4. The van der Waals surface area contributed by atoms with Gasteiger partial charge in [0.2, 0.25) is 0 Å². The van der Waals surface area contributed by atoms with Crippen LogP contribution in [0.15, 0.2) is 56.4 Å². The molecule has 6 rings (SSSR count). The van der Waals surface area contributed by atoms with Crippen LogP contribution in [-0.4, -0.2) is 22.8 Å². The fourth-order valence-electron chi connectivity index (χ4n) is 6.74. The van der Waals surface area contributed by atoms with Gasteiger partial charge < -0.3 is 0 Å². The summed E-state index contributed by atoms with van der Waals surface area (Å²) in [4.78, 5) is 20.8. The largest absolute Gasteiger partial charge is 0.256 e. The number of hydrogen-bond acceptors (Lipinski definition) is 4. The highest BCUT2D eigenvalue weighted by atomic mass is 14.9. The Morgan fingerprint density at radius 3 is 0.875 bits per heavy atom. The minimum Gasteiger partial charge on any atom is -0.256 e. The maximum absolute atomic E-state index is 5.24. The van der Waals surface area contributed by atoms with E-state index in [1.807, 2.05) is 0 Å². The minimum atomic E-state index is 1.04. The van der Waals surface area contributed by atoms with Crippen molar-refractivity contribution in [3.63, 3.8) is 0 Å². The molecule has 0 bridgehead atoms. The second-order valence-corrected chi connectivity index (χ2v) is 12.4. The summed E-state index contributed by atoms with van der Waals surface area (Å²) < 4.78 is 0.